The minimum Gasteiger partial charge on any atom is -0.299 e. The van der Waals surface area contributed by atoms with Gasteiger partial charge in [-0.15, -0.1) is 0 Å². The first-order valence-electron chi connectivity index (χ1n) is 7.13. The van der Waals surface area contributed by atoms with Crippen LogP contribution in [-0.4, -0.2) is 42.0 Å². The van der Waals surface area contributed by atoms with E-state index in [0.717, 1.165) is 26.1 Å². The Kier molecular flexibility index (Phi) is 3.80. The van der Waals surface area contributed by atoms with Crippen LogP contribution in [-0.2, 0) is 6.54 Å². The maximum atomic E-state index is 13.7. The van der Waals surface area contributed by atoms with Gasteiger partial charge in [-0.1, -0.05) is 12.1 Å². The molecule has 104 valence electrons. The van der Waals surface area contributed by atoms with Crippen molar-refractivity contribution in [3.05, 3.63) is 35.4 Å². The van der Waals surface area contributed by atoms with E-state index >= 15 is 0 Å². The van der Waals surface area contributed by atoms with Crippen LogP contribution in [0, 0.1) is 11.6 Å². The molecule has 2 fully saturated rings. The van der Waals surface area contributed by atoms with Crippen molar-refractivity contribution in [2.75, 3.05) is 26.2 Å². The van der Waals surface area contributed by atoms with E-state index in [1.165, 1.54) is 25.5 Å². The Bertz CT molecular complexity index is 450. The minimum atomic E-state index is -0.741. The van der Waals surface area contributed by atoms with Crippen LogP contribution in [0.4, 0.5) is 8.78 Å². The third kappa shape index (κ3) is 2.79. The second-order valence-corrected chi connectivity index (χ2v) is 5.63. The number of hydrogen-bond donors (Lipinski definition) is 0. The van der Waals surface area contributed by atoms with Gasteiger partial charge in [0.15, 0.2) is 11.6 Å². The highest BCUT2D eigenvalue weighted by Crippen LogP contribution is 2.23. The molecule has 0 radical (unpaired) electrons. The second kappa shape index (κ2) is 5.55. The molecule has 0 spiro atoms. The molecule has 3 rings (SSSR count). The van der Waals surface area contributed by atoms with Crippen molar-refractivity contribution >= 4 is 0 Å². The van der Waals surface area contributed by atoms with Gasteiger partial charge >= 0.3 is 0 Å². The molecular weight excluding hydrogens is 246 g/mol. The summed E-state index contributed by atoms with van der Waals surface area (Å²) >= 11 is 0. The first kappa shape index (κ1) is 13.0. The molecule has 0 amide bonds. The lowest BCUT2D eigenvalue weighted by Crippen LogP contribution is -2.36. The van der Waals surface area contributed by atoms with Crippen LogP contribution in [0.5, 0.6) is 0 Å². The normalized spacial score (nSPS) is 25.3. The molecule has 0 saturated carbocycles. The summed E-state index contributed by atoms with van der Waals surface area (Å²) in [5.74, 6) is -1.43. The molecule has 4 heteroatoms. The first-order chi connectivity index (χ1) is 9.24. The Morgan fingerprint density at radius 2 is 1.95 bits per heavy atom. The number of nitrogens with zero attached hydrogens (tertiary/aromatic N) is 2. The van der Waals surface area contributed by atoms with Crippen molar-refractivity contribution in [3.63, 3.8) is 0 Å². The fraction of sp³-hybridized carbons (Fsp3) is 0.600. The molecule has 0 aromatic heterocycles. The van der Waals surface area contributed by atoms with Crippen LogP contribution in [0.2, 0.25) is 0 Å². The lowest BCUT2D eigenvalue weighted by Gasteiger charge is -2.25. The van der Waals surface area contributed by atoms with Crippen molar-refractivity contribution < 1.29 is 8.78 Å². The van der Waals surface area contributed by atoms with Gasteiger partial charge in [0.05, 0.1) is 0 Å². The monoisotopic (exact) mass is 266 g/mol. The largest absolute Gasteiger partial charge is 0.299 e. The summed E-state index contributed by atoms with van der Waals surface area (Å²) in [4.78, 5) is 4.82. The van der Waals surface area contributed by atoms with Crippen LogP contribution < -0.4 is 0 Å². The van der Waals surface area contributed by atoms with Crippen LogP contribution in [0.3, 0.4) is 0 Å². The van der Waals surface area contributed by atoms with Gasteiger partial charge in [-0.25, -0.2) is 8.78 Å². The topological polar surface area (TPSA) is 6.48 Å². The number of fused-ring (bicyclic) bond motifs is 1. The first-order valence-corrected chi connectivity index (χ1v) is 7.13. The predicted molar refractivity (Wildman–Crippen MR) is 70.8 cm³/mol. The SMILES string of the molecule is Fc1cccc(CN2CCCN3CCC[C@H]3C2)c1F. The van der Waals surface area contributed by atoms with E-state index in [-0.39, 0.29) is 0 Å². The quantitative estimate of drug-likeness (QED) is 0.812. The maximum absolute atomic E-state index is 13.7. The van der Waals surface area contributed by atoms with Crippen LogP contribution in [0.25, 0.3) is 0 Å². The van der Waals surface area contributed by atoms with E-state index in [1.54, 1.807) is 12.1 Å². The van der Waals surface area contributed by atoms with Gasteiger partial charge in [0, 0.05) is 24.7 Å². The van der Waals surface area contributed by atoms with Gasteiger partial charge in [-0.2, -0.15) is 0 Å². The highest BCUT2D eigenvalue weighted by Gasteiger charge is 2.28. The Hall–Kier alpha value is -1.00. The summed E-state index contributed by atoms with van der Waals surface area (Å²) in [6, 6.07) is 5.07. The predicted octanol–water partition coefficient (Wildman–Crippen LogP) is 2.63. The zero-order valence-corrected chi connectivity index (χ0v) is 11.1. The van der Waals surface area contributed by atoms with E-state index in [9.17, 15) is 8.78 Å². The van der Waals surface area contributed by atoms with Crippen molar-refractivity contribution in [3.8, 4) is 0 Å². The third-order valence-electron chi connectivity index (χ3n) is 4.31. The Morgan fingerprint density at radius 3 is 2.84 bits per heavy atom. The van der Waals surface area contributed by atoms with E-state index in [1.807, 2.05) is 0 Å². The Balaban J connectivity index is 1.70. The standard InChI is InChI=1S/C15H20F2N2/c16-14-6-1-4-12(15(14)17)10-18-7-3-9-19-8-2-5-13(19)11-18/h1,4,6,13H,2-3,5,7-11H2/t13-/m0/s1. The molecule has 2 saturated heterocycles. The molecule has 1 atom stereocenters. The molecular formula is C15H20F2N2. The van der Waals surface area contributed by atoms with Gasteiger partial charge < -0.3 is 0 Å². The van der Waals surface area contributed by atoms with E-state index in [0.29, 0.717) is 18.2 Å². The molecule has 1 aromatic rings. The van der Waals surface area contributed by atoms with E-state index in [4.69, 9.17) is 0 Å². The van der Waals surface area contributed by atoms with Crippen molar-refractivity contribution in [1.82, 2.24) is 9.80 Å². The highest BCUT2D eigenvalue weighted by atomic mass is 19.2. The molecule has 0 N–H and O–H groups in total. The lowest BCUT2D eigenvalue weighted by molar-refractivity contribution is 0.213. The molecule has 2 aliphatic heterocycles. The summed E-state index contributed by atoms with van der Waals surface area (Å²) in [5, 5.41) is 0. The molecule has 2 heterocycles. The summed E-state index contributed by atoms with van der Waals surface area (Å²) in [5.41, 5.74) is 0.478. The second-order valence-electron chi connectivity index (χ2n) is 5.63. The summed E-state index contributed by atoms with van der Waals surface area (Å²) in [6.07, 6.45) is 3.63. The fourth-order valence-electron chi connectivity index (χ4n) is 3.34. The highest BCUT2D eigenvalue weighted by molar-refractivity contribution is 5.18. The summed E-state index contributed by atoms with van der Waals surface area (Å²) < 4.78 is 26.9. The molecule has 1 aromatic carbocycles. The van der Waals surface area contributed by atoms with Crippen LogP contribution in [0.15, 0.2) is 18.2 Å². The Morgan fingerprint density at radius 1 is 1.11 bits per heavy atom. The van der Waals surface area contributed by atoms with Gasteiger partial charge in [0.25, 0.3) is 0 Å². The average molecular weight is 266 g/mol. The van der Waals surface area contributed by atoms with Crippen molar-refractivity contribution in [2.24, 2.45) is 0 Å². The smallest absolute Gasteiger partial charge is 0.163 e. The Labute approximate surface area is 113 Å². The fourth-order valence-corrected chi connectivity index (χ4v) is 3.34. The lowest BCUT2D eigenvalue weighted by atomic mass is 10.1. The molecule has 2 aliphatic rings. The average Bonchev–Trinajstić information content (AvgIpc) is 2.74. The number of benzene rings is 1. The van der Waals surface area contributed by atoms with E-state index < -0.39 is 11.6 Å². The van der Waals surface area contributed by atoms with Crippen molar-refractivity contribution in [2.45, 2.75) is 31.8 Å². The van der Waals surface area contributed by atoms with E-state index in [2.05, 4.69) is 9.80 Å². The van der Waals surface area contributed by atoms with Gasteiger partial charge in [-0.05, 0) is 45.0 Å². The van der Waals surface area contributed by atoms with Gasteiger partial charge in [-0.3, -0.25) is 9.80 Å². The minimum absolute atomic E-state index is 0.478. The molecule has 0 aliphatic carbocycles. The number of halogens is 2. The van der Waals surface area contributed by atoms with Gasteiger partial charge in [0.2, 0.25) is 0 Å². The third-order valence-corrected chi connectivity index (χ3v) is 4.31. The summed E-state index contributed by atoms with van der Waals surface area (Å²) in [6.45, 7) is 4.83. The molecule has 19 heavy (non-hydrogen) atoms. The van der Waals surface area contributed by atoms with Crippen molar-refractivity contribution in [1.29, 1.82) is 0 Å². The number of hydrogen-bond acceptors (Lipinski definition) is 2. The van der Waals surface area contributed by atoms with Gasteiger partial charge in [0.1, 0.15) is 0 Å². The molecule has 2 nitrogen and oxygen atoms in total. The number of rotatable bonds is 2. The summed E-state index contributed by atoms with van der Waals surface area (Å²) in [7, 11) is 0. The molecule has 0 unspecified atom stereocenters. The molecule has 0 bridgehead atoms. The zero-order valence-electron chi connectivity index (χ0n) is 11.1. The maximum Gasteiger partial charge on any atom is 0.163 e. The zero-order chi connectivity index (χ0) is 13.2. The van der Waals surface area contributed by atoms with Crippen LogP contribution in [0.1, 0.15) is 24.8 Å². The van der Waals surface area contributed by atoms with Crippen LogP contribution >= 0.6 is 0 Å².